The molecule has 0 unspecified atom stereocenters. The summed E-state index contributed by atoms with van der Waals surface area (Å²) in [5, 5.41) is 18.8. The first kappa shape index (κ1) is 21.3. The second-order valence-electron chi connectivity index (χ2n) is 5.47. The van der Waals surface area contributed by atoms with E-state index >= 15 is 0 Å². The van der Waals surface area contributed by atoms with Crippen LogP contribution in [0.2, 0.25) is 0 Å². The molecule has 3 rings (SSSR count). The number of carboxylic acid groups (broad SMARTS) is 1. The fourth-order valence-electron chi connectivity index (χ4n) is 2.51. The highest BCUT2D eigenvalue weighted by molar-refractivity contribution is 5.97. The molecule has 4 N–H and O–H groups in total. The van der Waals surface area contributed by atoms with Crippen LogP contribution in [-0.4, -0.2) is 67.8 Å². The van der Waals surface area contributed by atoms with E-state index in [9.17, 15) is 9.59 Å². The van der Waals surface area contributed by atoms with Crippen molar-refractivity contribution in [1.82, 2.24) is 15.5 Å². The molecule has 156 valence electrons. The number of carbonyl (C=O) groups is 3. The fraction of sp³-hybridized carbons (Fsp3) is 0.294. The van der Waals surface area contributed by atoms with Crippen molar-refractivity contribution in [3.05, 3.63) is 18.2 Å². The van der Waals surface area contributed by atoms with Gasteiger partial charge in [-0.1, -0.05) is 0 Å². The number of hydrogen-bond acceptors (Lipinski definition) is 8. The van der Waals surface area contributed by atoms with E-state index in [-0.39, 0.29) is 13.1 Å². The number of aromatic amines is 1. The second kappa shape index (κ2) is 9.82. The number of H-pyrrole nitrogens is 1. The Bertz CT molecular complexity index is 857. The van der Waals surface area contributed by atoms with Crippen molar-refractivity contribution in [3.63, 3.8) is 0 Å². The van der Waals surface area contributed by atoms with Crippen molar-refractivity contribution >= 4 is 24.3 Å². The predicted octanol–water partition coefficient (Wildman–Crippen LogP) is 0.850. The number of aromatic nitrogens is 2. The first-order valence-electron chi connectivity index (χ1n) is 8.15. The van der Waals surface area contributed by atoms with Crippen molar-refractivity contribution in [2.75, 3.05) is 33.3 Å². The van der Waals surface area contributed by atoms with Crippen molar-refractivity contribution in [1.29, 1.82) is 0 Å². The third kappa shape index (κ3) is 5.06. The van der Waals surface area contributed by atoms with Gasteiger partial charge < -0.3 is 34.7 Å². The van der Waals surface area contributed by atoms with Crippen LogP contribution < -0.4 is 24.8 Å². The number of nitrogens with one attached hydrogen (secondary N) is 3. The van der Waals surface area contributed by atoms with E-state index in [1.165, 1.54) is 21.3 Å². The Kier molecular flexibility index (Phi) is 7.23. The fourth-order valence-corrected chi connectivity index (χ4v) is 2.51. The maximum Gasteiger partial charge on any atom is 0.407 e. The SMILES string of the molecule is COc1cc(-c2cc(NC(=O)[C@@H]3COC(=O)N3)n[nH]2)cc(OC)c1OC.O=CO. The number of rotatable bonds is 6. The van der Waals surface area contributed by atoms with Crippen molar-refractivity contribution < 1.29 is 38.4 Å². The smallest absolute Gasteiger partial charge is 0.407 e. The van der Waals surface area contributed by atoms with Crippen LogP contribution in [0.3, 0.4) is 0 Å². The Hall–Kier alpha value is -3.96. The molecule has 0 spiro atoms. The highest BCUT2D eigenvalue weighted by atomic mass is 16.6. The average Bonchev–Trinajstić information content (AvgIpc) is 3.36. The summed E-state index contributed by atoms with van der Waals surface area (Å²) in [5.74, 6) is 1.35. The molecule has 1 aromatic heterocycles. The van der Waals surface area contributed by atoms with E-state index in [0.29, 0.717) is 28.8 Å². The molecule has 1 saturated heterocycles. The molecule has 12 nitrogen and oxygen atoms in total. The lowest BCUT2D eigenvalue weighted by Crippen LogP contribution is -2.38. The second-order valence-corrected chi connectivity index (χ2v) is 5.47. The van der Waals surface area contributed by atoms with Gasteiger partial charge in [0.05, 0.1) is 27.0 Å². The van der Waals surface area contributed by atoms with Gasteiger partial charge in [0, 0.05) is 11.6 Å². The van der Waals surface area contributed by atoms with Gasteiger partial charge in [-0.2, -0.15) is 5.10 Å². The molecule has 0 aliphatic carbocycles. The number of carbonyl (C=O) groups excluding carboxylic acids is 2. The number of nitrogens with zero attached hydrogens (tertiary/aromatic N) is 1. The van der Waals surface area contributed by atoms with Crippen LogP contribution in [0.1, 0.15) is 0 Å². The molecule has 0 radical (unpaired) electrons. The van der Waals surface area contributed by atoms with Crippen molar-refractivity contribution in [2.24, 2.45) is 0 Å². The first-order chi connectivity index (χ1) is 14.0. The Labute approximate surface area is 165 Å². The quantitative estimate of drug-likeness (QED) is 0.508. The van der Waals surface area contributed by atoms with E-state index in [1.54, 1.807) is 18.2 Å². The third-order valence-corrected chi connectivity index (χ3v) is 3.79. The van der Waals surface area contributed by atoms with E-state index in [0.717, 1.165) is 5.56 Å². The van der Waals surface area contributed by atoms with Crippen LogP contribution in [0.25, 0.3) is 11.3 Å². The van der Waals surface area contributed by atoms with Gasteiger partial charge in [0.1, 0.15) is 12.6 Å². The molecular weight excluding hydrogens is 388 g/mol. The Morgan fingerprint density at radius 1 is 1.24 bits per heavy atom. The van der Waals surface area contributed by atoms with Gasteiger partial charge >= 0.3 is 6.09 Å². The molecular formula is C17H20N4O8. The maximum atomic E-state index is 12.1. The van der Waals surface area contributed by atoms with Crippen LogP contribution in [0.4, 0.5) is 10.6 Å². The molecule has 1 aromatic carbocycles. The minimum atomic E-state index is -0.746. The first-order valence-corrected chi connectivity index (χ1v) is 8.15. The molecule has 2 aromatic rings. The number of methoxy groups -OCH3 is 3. The number of hydrogen-bond donors (Lipinski definition) is 4. The van der Waals surface area contributed by atoms with Gasteiger partial charge in [-0.15, -0.1) is 0 Å². The molecule has 29 heavy (non-hydrogen) atoms. The monoisotopic (exact) mass is 408 g/mol. The summed E-state index contributed by atoms with van der Waals surface area (Å²) in [6, 6.07) is 4.41. The number of alkyl carbamates (subject to hydrolysis) is 1. The summed E-state index contributed by atoms with van der Waals surface area (Å²) in [4.78, 5) is 31.4. The highest BCUT2D eigenvalue weighted by Gasteiger charge is 2.29. The summed E-state index contributed by atoms with van der Waals surface area (Å²) < 4.78 is 20.6. The van der Waals surface area contributed by atoms with Crippen LogP contribution in [0.5, 0.6) is 17.2 Å². The molecule has 0 saturated carbocycles. The number of amides is 2. The lowest BCUT2D eigenvalue weighted by molar-refractivity contribution is -0.123. The maximum absolute atomic E-state index is 12.1. The summed E-state index contributed by atoms with van der Waals surface area (Å²) >= 11 is 0. The van der Waals surface area contributed by atoms with Crippen LogP contribution in [-0.2, 0) is 14.3 Å². The van der Waals surface area contributed by atoms with E-state index < -0.39 is 18.0 Å². The minimum absolute atomic E-state index is 0.0190. The van der Waals surface area contributed by atoms with Gasteiger partial charge in [-0.3, -0.25) is 14.7 Å². The topological polar surface area (TPSA) is 161 Å². The molecule has 1 fully saturated rings. The zero-order valence-electron chi connectivity index (χ0n) is 15.8. The molecule has 2 heterocycles. The van der Waals surface area contributed by atoms with Gasteiger partial charge in [-0.05, 0) is 12.1 Å². The molecule has 1 aliphatic rings. The minimum Gasteiger partial charge on any atom is -0.493 e. The van der Waals surface area contributed by atoms with Crippen molar-refractivity contribution in [2.45, 2.75) is 6.04 Å². The van der Waals surface area contributed by atoms with E-state index in [4.69, 9.17) is 28.8 Å². The van der Waals surface area contributed by atoms with Crippen molar-refractivity contribution in [3.8, 4) is 28.5 Å². The van der Waals surface area contributed by atoms with Crippen LogP contribution >= 0.6 is 0 Å². The van der Waals surface area contributed by atoms with E-state index in [2.05, 4.69) is 20.8 Å². The largest absolute Gasteiger partial charge is 0.493 e. The zero-order valence-corrected chi connectivity index (χ0v) is 15.8. The number of ether oxygens (including phenoxy) is 4. The molecule has 0 bridgehead atoms. The highest BCUT2D eigenvalue weighted by Crippen LogP contribution is 2.41. The van der Waals surface area contributed by atoms with E-state index in [1.807, 2.05) is 0 Å². The Balaban J connectivity index is 0.000000941. The average molecular weight is 408 g/mol. The number of cyclic esters (lactones) is 1. The summed E-state index contributed by atoms with van der Waals surface area (Å²) in [7, 11) is 4.57. The van der Waals surface area contributed by atoms with Gasteiger partial charge in [0.25, 0.3) is 12.4 Å². The summed E-state index contributed by atoms with van der Waals surface area (Å²) in [5.41, 5.74) is 1.36. The standard InChI is InChI=1S/C16H18N4O6.CH2O2/c1-23-11-4-8(5-12(24-2)14(11)25-3)9-6-13(20-19-9)18-15(21)10-7-26-16(22)17-10;2-1-3/h4-6,10H,7H2,1-3H3,(H,17,22)(H2,18,19,20,21);1H,(H,2,3)/t10-;/m0./s1. The number of benzene rings is 1. The zero-order chi connectivity index (χ0) is 21.4. The van der Waals surface area contributed by atoms with Gasteiger partial charge in [0.15, 0.2) is 17.3 Å². The normalized spacial score (nSPS) is 14.6. The van der Waals surface area contributed by atoms with Gasteiger partial charge in [-0.25, -0.2) is 4.79 Å². The molecule has 1 atom stereocenters. The third-order valence-electron chi connectivity index (χ3n) is 3.79. The molecule has 12 heteroatoms. The Morgan fingerprint density at radius 3 is 2.34 bits per heavy atom. The summed E-state index contributed by atoms with van der Waals surface area (Å²) in [6.45, 7) is -0.269. The lowest BCUT2D eigenvalue weighted by Gasteiger charge is -2.13. The van der Waals surface area contributed by atoms with Gasteiger partial charge in [0.2, 0.25) is 5.75 Å². The Morgan fingerprint density at radius 2 is 1.86 bits per heavy atom. The predicted molar refractivity (Wildman–Crippen MR) is 99.3 cm³/mol. The number of anilines is 1. The lowest BCUT2D eigenvalue weighted by atomic mass is 10.1. The van der Waals surface area contributed by atoms with Crippen LogP contribution in [0.15, 0.2) is 18.2 Å². The summed E-state index contributed by atoms with van der Waals surface area (Å²) in [6.07, 6.45) is -0.620. The van der Waals surface area contributed by atoms with Crippen LogP contribution in [0, 0.1) is 0 Å². The molecule has 2 amide bonds. The molecule has 1 aliphatic heterocycles.